The topological polar surface area (TPSA) is 109 Å². The average Bonchev–Trinajstić information content (AvgIpc) is 2.77. The van der Waals surface area contributed by atoms with Crippen molar-refractivity contribution < 1.29 is 19.2 Å². The Kier molecular flexibility index (Phi) is 4.32. The molecule has 0 aliphatic carbocycles. The van der Waals surface area contributed by atoms with Gasteiger partial charge in [0.2, 0.25) is 6.39 Å². The predicted molar refractivity (Wildman–Crippen MR) is 63.1 cm³/mol. The van der Waals surface area contributed by atoms with Crippen LogP contribution in [-0.2, 0) is 11.3 Å². The lowest BCUT2D eigenvalue weighted by Gasteiger charge is -2.26. The quantitative estimate of drug-likeness (QED) is 0.831. The summed E-state index contributed by atoms with van der Waals surface area (Å²) >= 11 is 0. The Morgan fingerprint density at radius 3 is 3.00 bits per heavy atom. The first kappa shape index (κ1) is 13.3. The monoisotopic (exact) mass is 268 g/mol. The molecule has 8 heteroatoms. The van der Waals surface area contributed by atoms with Gasteiger partial charge in [-0.05, 0) is 12.8 Å². The van der Waals surface area contributed by atoms with E-state index in [0.717, 1.165) is 19.3 Å². The van der Waals surface area contributed by atoms with Crippen molar-refractivity contribution in [1.29, 1.82) is 0 Å². The van der Waals surface area contributed by atoms with E-state index in [1.54, 1.807) is 0 Å². The first-order chi connectivity index (χ1) is 9.18. The zero-order valence-corrected chi connectivity index (χ0v) is 10.4. The lowest BCUT2D eigenvalue weighted by atomic mass is 10.1. The van der Waals surface area contributed by atoms with E-state index in [-0.39, 0.29) is 6.54 Å². The zero-order chi connectivity index (χ0) is 13.7. The number of nitrogens with one attached hydrogen (secondary N) is 1. The lowest BCUT2D eigenvalue weighted by Crippen LogP contribution is -2.49. The number of hydrogen-bond acceptors (Lipinski definition) is 5. The average molecular weight is 268 g/mol. The molecule has 1 fully saturated rings. The van der Waals surface area contributed by atoms with Gasteiger partial charge < -0.3 is 19.8 Å². The summed E-state index contributed by atoms with van der Waals surface area (Å²) in [4.78, 5) is 28.4. The second-order valence-corrected chi connectivity index (χ2v) is 4.40. The van der Waals surface area contributed by atoms with Gasteiger partial charge >= 0.3 is 12.0 Å². The molecule has 0 radical (unpaired) electrons. The maximum Gasteiger partial charge on any atom is 0.326 e. The molecule has 1 aromatic rings. The van der Waals surface area contributed by atoms with Crippen LogP contribution in [0.4, 0.5) is 4.79 Å². The van der Waals surface area contributed by atoms with Gasteiger partial charge in [-0.1, -0.05) is 18.0 Å². The van der Waals surface area contributed by atoms with Gasteiger partial charge in [0.05, 0.1) is 6.54 Å². The van der Waals surface area contributed by atoms with E-state index in [4.69, 9.17) is 0 Å². The minimum absolute atomic E-state index is 0.123. The van der Waals surface area contributed by atoms with Gasteiger partial charge in [-0.2, -0.15) is 4.98 Å². The van der Waals surface area contributed by atoms with Crippen molar-refractivity contribution in [2.45, 2.75) is 38.3 Å². The molecule has 1 unspecified atom stereocenters. The highest BCUT2D eigenvalue weighted by Crippen LogP contribution is 2.17. The number of carboxylic acids is 1. The Labute approximate surface area is 109 Å². The first-order valence-corrected chi connectivity index (χ1v) is 6.21. The number of likely N-dealkylation sites (tertiary alicyclic amines) is 1. The highest BCUT2D eigenvalue weighted by Gasteiger charge is 2.30. The van der Waals surface area contributed by atoms with Crippen molar-refractivity contribution in [3.8, 4) is 0 Å². The Morgan fingerprint density at radius 1 is 1.47 bits per heavy atom. The predicted octanol–water partition coefficient (Wildman–Crippen LogP) is 0.608. The summed E-state index contributed by atoms with van der Waals surface area (Å²) in [5.74, 6) is -0.605. The van der Waals surface area contributed by atoms with Crippen LogP contribution in [0.2, 0.25) is 0 Å². The first-order valence-electron chi connectivity index (χ1n) is 6.21. The second-order valence-electron chi connectivity index (χ2n) is 4.40. The van der Waals surface area contributed by atoms with E-state index in [1.807, 2.05) is 0 Å². The van der Waals surface area contributed by atoms with Crippen LogP contribution in [0.15, 0.2) is 10.9 Å². The number of aromatic nitrogens is 2. The van der Waals surface area contributed by atoms with Crippen LogP contribution in [0.3, 0.4) is 0 Å². The van der Waals surface area contributed by atoms with Crippen LogP contribution in [0.25, 0.3) is 0 Å². The maximum absolute atomic E-state index is 12.0. The minimum atomic E-state index is -0.961. The molecule has 2 heterocycles. The lowest BCUT2D eigenvalue weighted by molar-refractivity contribution is -0.142. The molecule has 0 bridgehead atoms. The van der Waals surface area contributed by atoms with Crippen LogP contribution in [0, 0.1) is 0 Å². The fraction of sp³-hybridized carbons (Fsp3) is 0.636. The van der Waals surface area contributed by atoms with Crippen molar-refractivity contribution in [1.82, 2.24) is 20.4 Å². The molecule has 19 heavy (non-hydrogen) atoms. The van der Waals surface area contributed by atoms with Crippen molar-refractivity contribution in [3.05, 3.63) is 12.2 Å². The third-order valence-electron chi connectivity index (χ3n) is 3.10. The van der Waals surface area contributed by atoms with E-state index < -0.39 is 18.0 Å². The minimum Gasteiger partial charge on any atom is -0.480 e. The SMILES string of the molecule is O=C(O)C1CCCCCN1C(=O)NCc1ncon1. The summed E-state index contributed by atoms with van der Waals surface area (Å²) in [6.07, 6.45) is 4.25. The fourth-order valence-corrected chi connectivity index (χ4v) is 2.13. The third-order valence-corrected chi connectivity index (χ3v) is 3.10. The van der Waals surface area contributed by atoms with Crippen LogP contribution >= 0.6 is 0 Å². The molecular weight excluding hydrogens is 252 g/mol. The molecule has 0 saturated carbocycles. The second kappa shape index (κ2) is 6.17. The molecular formula is C11H16N4O4. The van der Waals surface area contributed by atoms with Gasteiger partial charge in [0.25, 0.3) is 0 Å². The Hall–Kier alpha value is -2.12. The molecule has 2 N–H and O–H groups in total. The van der Waals surface area contributed by atoms with Crippen molar-refractivity contribution in [2.24, 2.45) is 0 Å². The van der Waals surface area contributed by atoms with E-state index in [2.05, 4.69) is 20.0 Å². The van der Waals surface area contributed by atoms with Crippen molar-refractivity contribution in [2.75, 3.05) is 6.54 Å². The standard InChI is InChI=1S/C11H16N4O4/c16-10(17)8-4-2-1-3-5-15(8)11(18)12-6-9-13-7-19-14-9/h7-8H,1-6H2,(H,12,18)(H,16,17). The number of carbonyl (C=O) groups is 2. The van der Waals surface area contributed by atoms with Gasteiger partial charge in [0, 0.05) is 6.54 Å². The zero-order valence-electron chi connectivity index (χ0n) is 10.4. The van der Waals surface area contributed by atoms with E-state index in [0.29, 0.717) is 18.8 Å². The molecule has 0 spiro atoms. The largest absolute Gasteiger partial charge is 0.480 e. The number of urea groups is 1. The van der Waals surface area contributed by atoms with E-state index in [9.17, 15) is 14.7 Å². The van der Waals surface area contributed by atoms with E-state index in [1.165, 1.54) is 11.3 Å². The molecule has 2 rings (SSSR count). The van der Waals surface area contributed by atoms with Crippen molar-refractivity contribution >= 4 is 12.0 Å². The third kappa shape index (κ3) is 3.43. The molecule has 1 aliphatic rings. The summed E-state index contributed by atoms with van der Waals surface area (Å²) < 4.78 is 4.55. The van der Waals surface area contributed by atoms with Gasteiger partial charge in [-0.15, -0.1) is 0 Å². The highest BCUT2D eigenvalue weighted by molar-refractivity contribution is 5.82. The molecule has 2 amide bonds. The molecule has 1 atom stereocenters. The maximum atomic E-state index is 12.0. The number of rotatable bonds is 3. The smallest absolute Gasteiger partial charge is 0.326 e. The Bertz CT molecular complexity index is 434. The molecule has 1 saturated heterocycles. The summed E-state index contributed by atoms with van der Waals surface area (Å²) in [6.45, 7) is 0.577. The summed E-state index contributed by atoms with van der Waals surface area (Å²) in [5.41, 5.74) is 0. The molecule has 104 valence electrons. The number of amides is 2. The van der Waals surface area contributed by atoms with Gasteiger partial charge in [0.15, 0.2) is 5.82 Å². The van der Waals surface area contributed by atoms with Gasteiger partial charge in [0.1, 0.15) is 6.04 Å². The van der Waals surface area contributed by atoms with Crippen LogP contribution in [0.1, 0.15) is 31.5 Å². The molecule has 1 aliphatic heterocycles. The summed E-state index contributed by atoms with van der Waals surface area (Å²) in [7, 11) is 0. The number of aliphatic carboxylic acids is 1. The van der Waals surface area contributed by atoms with Gasteiger partial charge in [-0.3, -0.25) is 0 Å². The molecule has 1 aromatic heterocycles. The fourth-order valence-electron chi connectivity index (χ4n) is 2.13. The molecule has 8 nitrogen and oxygen atoms in total. The Balaban J connectivity index is 1.96. The van der Waals surface area contributed by atoms with Crippen molar-refractivity contribution in [3.63, 3.8) is 0 Å². The number of hydrogen-bond donors (Lipinski definition) is 2. The number of carbonyl (C=O) groups excluding carboxylic acids is 1. The highest BCUT2D eigenvalue weighted by atomic mass is 16.5. The number of carboxylic acid groups (broad SMARTS) is 1. The van der Waals surface area contributed by atoms with Crippen LogP contribution in [-0.4, -0.2) is 44.7 Å². The van der Waals surface area contributed by atoms with Crippen LogP contribution < -0.4 is 5.32 Å². The Morgan fingerprint density at radius 2 is 2.32 bits per heavy atom. The summed E-state index contributed by atoms with van der Waals surface area (Å²) in [5, 5.41) is 15.3. The number of nitrogens with zero attached hydrogens (tertiary/aromatic N) is 3. The van der Waals surface area contributed by atoms with Crippen LogP contribution in [0.5, 0.6) is 0 Å². The summed E-state index contributed by atoms with van der Waals surface area (Å²) in [6, 6.07) is -1.16. The van der Waals surface area contributed by atoms with Gasteiger partial charge in [-0.25, -0.2) is 9.59 Å². The normalized spacial score (nSPS) is 19.8. The van der Waals surface area contributed by atoms with E-state index >= 15 is 0 Å². The molecule has 0 aromatic carbocycles.